The Morgan fingerprint density at radius 3 is 2.27 bits per heavy atom. The first-order valence-electron chi connectivity index (χ1n) is 21.2. The lowest BCUT2D eigenvalue weighted by molar-refractivity contribution is -0.597. The molecule has 2 amide bonds. The lowest BCUT2D eigenvalue weighted by Gasteiger charge is -2.17. The number of hydrogen-bond donors (Lipinski definition) is 5. The van der Waals surface area contributed by atoms with Crippen molar-refractivity contribution in [2.45, 2.75) is 13.5 Å². The van der Waals surface area contributed by atoms with E-state index in [0.717, 1.165) is 39.7 Å². The quantitative estimate of drug-likeness (QED) is 0.0746. The second-order valence-electron chi connectivity index (χ2n) is 15.8. The van der Waals surface area contributed by atoms with Crippen molar-refractivity contribution >= 4 is 79.6 Å². The Labute approximate surface area is 384 Å². The van der Waals surface area contributed by atoms with Crippen LogP contribution in [0, 0.1) is 24.1 Å². The summed E-state index contributed by atoms with van der Waals surface area (Å²) in [5, 5.41) is 27.5. The van der Waals surface area contributed by atoms with Crippen LogP contribution in [0.15, 0.2) is 177 Å². The summed E-state index contributed by atoms with van der Waals surface area (Å²) in [4.78, 5) is 41.8. The van der Waals surface area contributed by atoms with Crippen LogP contribution in [0.2, 0.25) is 0 Å². The van der Waals surface area contributed by atoms with Gasteiger partial charge in [-0.3, -0.25) is 24.5 Å². The molecule has 10 rings (SSSR count). The third kappa shape index (κ3) is 9.01. The Morgan fingerprint density at radius 1 is 0.687 bits per heavy atom. The molecule has 0 saturated carbocycles. The van der Waals surface area contributed by atoms with Crippen LogP contribution in [0.3, 0.4) is 0 Å². The van der Waals surface area contributed by atoms with E-state index in [4.69, 9.17) is 0 Å². The third-order valence-electron chi connectivity index (χ3n) is 11.2. The largest absolute Gasteiger partial charge is 0.355 e. The number of aromatic nitrogens is 4. The fourth-order valence-electron chi connectivity index (χ4n) is 8.00. The number of benzene rings is 5. The fraction of sp³-hybridized carbons (Fsp3) is 0.0377. The number of anilines is 10. The molecule has 9 aromatic rings. The van der Waals surface area contributed by atoms with Crippen LogP contribution in [-0.4, -0.2) is 26.8 Å². The minimum Gasteiger partial charge on any atom is -0.355 e. The first-order valence-corrected chi connectivity index (χ1v) is 21.2. The molecule has 0 atom stereocenters. The number of carbonyl (C=O) groups is 2. The molecule has 67 heavy (non-hydrogen) atoms. The fourth-order valence-corrected chi connectivity index (χ4v) is 8.00. The first kappa shape index (κ1) is 41.5. The van der Waals surface area contributed by atoms with Crippen molar-refractivity contribution in [3.05, 3.63) is 210 Å². The van der Waals surface area contributed by atoms with E-state index in [1.807, 2.05) is 91.9 Å². The van der Waals surface area contributed by atoms with Crippen LogP contribution in [0.5, 0.6) is 0 Å². The minimum absolute atomic E-state index is 0.0747. The molecule has 0 bridgehead atoms. The molecule has 0 aliphatic carbocycles. The van der Waals surface area contributed by atoms with Crippen LogP contribution in [-0.2, 0) is 6.54 Å². The van der Waals surface area contributed by atoms with Crippen LogP contribution in [0.4, 0.5) is 61.3 Å². The molecule has 13 nitrogen and oxygen atoms in total. The van der Waals surface area contributed by atoms with Gasteiger partial charge in [0.05, 0.1) is 17.7 Å². The summed E-state index contributed by atoms with van der Waals surface area (Å²) in [7, 11) is 0. The van der Waals surface area contributed by atoms with E-state index < -0.39 is 0 Å². The highest BCUT2D eigenvalue weighted by Gasteiger charge is 2.29. The van der Waals surface area contributed by atoms with Gasteiger partial charge in [0.1, 0.15) is 17.7 Å². The normalized spacial score (nSPS) is 11.7. The van der Waals surface area contributed by atoms with Crippen molar-refractivity contribution in [1.29, 1.82) is 5.26 Å². The summed E-state index contributed by atoms with van der Waals surface area (Å²) in [5.74, 6) is -0.760. The number of amides is 2. The summed E-state index contributed by atoms with van der Waals surface area (Å²) >= 11 is 0. The highest BCUT2D eigenvalue weighted by Crippen LogP contribution is 2.34. The number of aryl methyl sites for hydroxylation is 1. The highest BCUT2D eigenvalue weighted by atomic mass is 19.1. The lowest BCUT2D eigenvalue weighted by Crippen LogP contribution is -2.35. The Morgan fingerprint density at radius 2 is 1.42 bits per heavy atom. The number of nitrogens with one attached hydrogen (secondary N) is 5. The molecule has 1 aliphatic heterocycles. The molecule has 5 aromatic carbocycles. The van der Waals surface area contributed by atoms with Gasteiger partial charge < -0.3 is 31.5 Å². The maximum atomic E-state index is 14.1. The van der Waals surface area contributed by atoms with Crippen LogP contribution >= 0.6 is 0 Å². The number of halogens is 1. The molecule has 14 heteroatoms. The van der Waals surface area contributed by atoms with Gasteiger partial charge in [0.25, 0.3) is 23.2 Å². The number of carbonyl (C=O) groups excluding carboxylic acids is 2. The topological polar surface area (TPSA) is 164 Å². The Bertz CT molecular complexity index is 3430. The zero-order valence-electron chi connectivity index (χ0n) is 35.8. The van der Waals surface area contributed by atoms with Gasteiger partial charge in [-0.15, -0.1) is 4.57 Å². The molecule has 0 radical (unpaired) electrons. The maximum Gasteiger partial charge on any atom is 0.291 e. The molecule has 0 saturated heterocycles. The number of pyridine rings is 4. The molecule has 0 unspecified atom stereocenters. The van der Waals surface area contributed by atoms with Crippen molar-refractivity contribution < 1.29 is 18.5 Å². The predicted molar refractivity (Wildman–Crippen MR) is 259 cm³/mol. The number of fused-ring (bicyclic) bond motifs is 2. The zero-order valence-corrected chi connectivity index (χ0v) is 35.8. The lowest BCUT2D eigenvalue weighted by atomic mass is 10.1. The summed E-state index contributed by atoms with van der Waals surface area (Å²) < 4.78 is 15.8. The van der Waals surface area contributed by atoms with Gasteiger partial charge in [0.2, 0.25) is 0 Å². The van der Waals surface area contributed by atoms with E-state index in [2.05, 4.69) is 47.6 Å². The Hall–Kier alpha value is -9.48. The molecule has 0 spiro atoms. The van der Waals surface area contributed by atoms with Gasteiger partial charge in [-0.2, -0.15) is 5.26 Å². The smallest absolute Gasteiger partial charge is 0.291 e. The van der Waals surface area contributed by atoms with Crippen LogP contribution < -0.4 is 36.1 Å². The Kier molecular flexibility index (Phi) is 11.1. The van der Waals surface area contributed by atoms with Gasteiger partial charge in [-0.05, 0) is 128 Å². The van der Waals surface area contributed by atoms with E-state index in [-0.39, 0.29) is 17.6 Å². The summed E-state index contributed by atoms with van der Waals surface area (Å²) in [6.45, 7) is 2.30. The van der Waals surface area contributed by atoms with E-state index in [1.165, 1.54) is 12.1 Å². The molecule has 324 valence electrons. The van der Waals surface area contributed by atoms with Crippen molar-refractivity contribution in [3.8, 4) is 11.8 Å². The monoisotopic (exact) mass is 880 g/mol. The summed E-state index contributed by atoms with van der Waals surface area (Å²) in [6.07, 6.45) is 8.60. The molecule has 0 fully saturated rings. The SMILES string of the molecule is Cc1cc(Nc2ccc3c(c2)CN(c2cccc(Nc4ccncc4)c2)C3=O)c(-[n+]2ccc(Nc3cccc(NC(=O)c4cccc(Nc5ccnc6ccc(F)cc56)c4)c3)cc2C#N)cn1. The van der Waals surface area contributed by atoms with Crippen molar-refractivity contribution in [2.24, 2.45) is 0 Å². The molecule has 5 heterocycles. The molecule has 4 aromatic heterocycles. The summed E-state index contributed by atoms with van der Waals surface area (Å²) in [6, 6.07) is 45.5. The number of nitriles is 1. The molecular formula is C53H39FN11O2+. The van der Waals surface area contributed by atoms with Crippen LogP contribution in [0.25, 0.3) is 16.6 Å². The second-order valence-corrected chi connectivity index (χ2v) is 15.8. The standard InChI is InChI=1S/C53H38FN11O2/c1-33-23-50(62-42-12-13-46-35(25-42)32-65(53(46)67)44-10-4-9-41(28-44)59-37-15-19-56-20-16-37)51(31-58-33)64-22-18-43(29-45(64)30-55)60-39-7-3-8-40(27-39)63-52(66)34-5-2-6-38(24-34)61-49-17-21-57-48-14-11-36(54)26-47(48)49/h2-29,31H,32H2,1H3,(H4,56,57,58,59,61,62,63,66,67)/p+1. The zero-order chi connectivity index (χ0) is 45.9. The van der Waals surface area contributed by atoms with Crippen molar-refractivity contribution in [3.63, 3.8) is 0 Å². The summed E-state index contributed by atoms with van der Waals surface area (Å²) in [5.41, 5.74) is 11.6. The van der Waals surface area contributed by atoms with E-state index in [9.17, 15) is 19.2 Å². The minimum atomic E-state index is -0.368. The second kappa shape index (κ2) is 17.9. The number of rotatable bonds is 12. The number of hydrogen-bond acceptors (Lipinski definition) is 10. The number of nitrogens with zero attached hydrogens (tertiary/aromatic N) is 6. The molecule has 1 aliphatic rings. The van der Waals surface area contributed by atoms with Gasteiger partial charge in [0.15, 0.2) is 12.3 Å². The van der Waals surface area contributed by atoms with E-state index in [1.54, 1.807) is 89.0 Å². The van der Waals surface area contributed by atoms with Crippen LogP contribution in [0.1, 0.15) is 37.7 Å². The van der Waals surface area contributed by atoms with Crippen molar-refractivity contribution in [1.82, 2.24) is 15.0 Å². The molecular weight excluding hydrogens is 842 g/mol. The van der Waals surface area contributed by atoms with Gasteiger partial charge in [0, 0.05) is 98.4 Å². The van der Waals surface area contributed by atoms with Gasteiger partial charge >= 0.3 is 0 Å². The predicted octanol–water partition coefficient (Wildman–Crippen LogP) is 11.0. The van der Waals surface area contributed by atoms with Gasteiger partial charge in [-0.1, -0.05) is 18.2 Å². The first-order chi connectivity index (χ1) is 32.7. The Balaban J connectivity index is 0.824. The average molecular weight is 881 g/mol. The van der Waals surface area contributed by atoms with Crippen molar-refractivity contribution in [2.75, 3.05) is 31.5 Å². The van der Waals surface area contributed by atoms with E-state index in [0.29, 0.717) is 68.4 Å². The van der Waals surface area contributed by atoms with E-state index >= 15 is 0 Å². The van der Waals surface area contributed by atoms with Gasteiger partial charge in [-0.25, -0.2) is 4.39 Å². The average Bonchev–Trinajstić information content (AvgIpc) is 3.67. The third-order valence-corrected chi connectivity index (χ3v) is 11.2. The maximum absolute atomic E-state index is 14.1. The highest BCUT2D eigenvalue weighted by molar-refractivity contribution is 6.10. The molecule has 5 N–H and O–H groups in total.